The summed E-state index contributed by atoms with van der Waals surface area (Å²) in [6.07, 6.45) is -0.0513. The van der Waals surface area contributed by atoms with E-state index in [1.54, 1.807) is 31.2 Å². The number of nitro benzene ring substituents is 1. The Morgan fingerprint density at radius 1 is 1.18 bits per heavy atom. The first-order valence-corrected chi connectivity index (χ1v) is 10.4. The number of hydrogen-bond acceptors (Lipinski definition) is 8. The number of nitro groups is 1. The number of non-ortho nitro benzene ring substituents is 1. The number of ketones is 1. The number of hydrogen-bond donors (Lipinski definition) is 1. The van der Waals surface area contributed by atoms with E-state index >= 15 is 0 Å². The molecule has 34 heavy (non-hydrogen) atoms. The maximum atomic E-state index is 13.1. The number of ether oxygens (including phenoxy) is 1. The van der Waals surface area contributed by atoms with Crippen LogP contribution in [0.15, 0.2) is 64.7 Å². The maximum absolute atomic E-state index is 13.1. The molecule has 0 unspecified atom stereocenters. The van der Waals surface area contributed by atoms with E-state index in [2.05, 4.69) is 5.16 Å². The van der Waals surface area contributed by atoms with Crippen LogP contribution in [0.4, 0.5) is 11.5 Å². The van der Waals surface area contributed by atoms with Crippen molar-refractivity contribution in [3.8, 4) is 5.75 Å². The van der Waals surface area contributed by atoms with Crippen LogP contribution < -0.4 is 9.64 Å². The molecule has 1 aromatic heterocycles. The number of carbonyl (C=O) groups excluding carboxylic acids is 2. The number of aliphatic hydroxyl groups excluding tert-OH is 1. The van der Waals surface area contributed by atoms with E-state index in [9.17, 15) is 24.8 Å². The average Bonchev–Trinajstić information content (AvgIpc) is 3.34. The number of Topliss-reactive ketones (excluding diaryl/α,β-unsaturated/α-hetero) is 1. The van der Waals surface area contributed by atoms with Crippen molar-refractivity contribution < 1.29 is 28.9 Å². The van der Waals surface area contributed by atoms with Gasteiger partial charge in [0.15, 0.2) is 5.82 Å². The molecule has 0 spiro atoms. The zero-order valence-corrected chi connectivity index (χ0v) is 18.6. The lowest BCUT2D eigenvalue weighted by atomic mass is 9.95. The van der Waals surface area contributed by atoms with Gasteiger partial charge in [-0.15, -0.1) is 0 Å². The zero-order valence-electron chi connectivity index (χ0n) is 18.6. The van der Waals surface area contributed by atoms with Crippen LogP contribution in [0.2, 0.25) is 0 Å². The molecule has 10 nitrogen and oxygen atoms in total. The van der Waals surface area contributed by atoms with Gasteiger partial charge >= 0.3 is 5.91 Å². The van der Waals surface area contributed by atoms with Gasteiger partial charge in [-0.05, 0) is 50.6 Å². The van der Waals surface area contributed by atoms with Gasteiger partial charge in [-0.2, -0.15) is 0 Å². The fraction of sp³-hybridized carbons (Fsp3) is 0.208. The second-order valence-electron chi connectivity index (χ2n) is 8.01. The van der Waals surface area contributed by atoms with Crippen molar-refractivity contribution in [2.24, 2.45) is 0 Å². The third-order valence-electron chi connectivity index (χ3n) is 5.20. The minimum Gasteiger partial charge on any atom is -0.507 e. The minimum absolute atomic E-state index is 0.0513. The summed E-state index contributed by atoms with van der Waals surface area (Å²) >= 11 is 0. The zero-order chi connectivity index (χ0) is 24.6. The average molecular weight is 463 g/mol. The number of anilines is 1. The number of amides is 1. The first-order chi connectivity index (χ1) is 16.2. The summed E-state index contributed by atoms with van der Waals surface area (Å²) in [7, 11) is 0. The van der Waals surface area contributed by atoms with E-state index in [-0.39, 0.29) is 34.3 Å². The quantitative estimate of drug-likeness (QED) is 0.188. The summed E-state index contributed by atoms with van der Waals surface area (Å²) in [6, 6.07) is 12.2. The number of aryl methyl sites for hydroxylation is 1. The normalized spacial score (nSPS) is 17.4. The highest BCUT2D eigenvalue weighted by molar-refractivity contribution is 6.51. The van der Waals surface area contributed by atoms with Crippen LogP contribution in [0, 0.1) is 17.0 Å². The number of nitrogens with zero attached hydrogens (tertiary/aromatic N) is 3. The molecule has 1 fully saturated rings. The molecule has 1 amide bonds. The summed E-state index contributed by atoms with van der Waals surface area (Å²) in [5, 5.41) is 26.3. The Bertz CT molecular complexity index is 1310. The Morgan fingerprint density at radius 3 is 2.47 bits per heavy atom. The highest BCUT2D eigenvalue weighted by Gasteiger charge is 2.48. The number of aromatic nitrogens is 1. The Balaban J connectivity index is 1.88. The van der Waals surface area contributed by atoms with Crippen molar-refractivity contribution in [2.45, 2.75) is 32.9 Å². The van der Waals surface area contributed by atoms with Gasteiger partial charge in [0.2, 0.25) is 0 Å². The van der Waals surface area contributed by atoms with Crippen molar-refractivity contribution in [1.29, 1.82) is 0 Å². The van der Waals surface area contributed by atoms with Gasteiger partial charge in [0.25, 0.3) is 11.5 Å². The van der Waals surface area contributed by atoms with Crippen LogP contribution in [0.3, 0.4) is 0 Å². The van der Waals surface area contributed by atoms with E-state index in [0.29, 0.717) is 11.5 Å². The molecular formula is C24H21N3O7. The standard InChI is InChI=1S/C24H21N3O7/c1-13(2)33-18-9-7-15(8-10-18)22(28)20-21(16-5-4-6-17(12-16)27(31)32)26(24(30)23(20)29)19-11-14(3)34-25-19/h4-13,21,28H,1-3H3/b22-20+/t21-/m1/s1. The summed E-state index contributed by atoms with van der Waals surface area (Å²) in [5.41, 5.74) is 0.0921. The molecule has 3 aromatic rings. The van der Waals surface area contributed by atoms with Gasteiger partial charge in [0.05, 0.1) is 22.6 Å². The lowest BCUT2D eigenvalue weighted by Crippen LogP contribution is -2.29. The molecule has 0 aliphatic carbocycles. The van der Waals surface area contributed by atoms with Crippen LogP contribution in [0.5, 0.6) is 5.75 Å². The predicted octanol–water partition coefficient (Wildman–Crippen LogP) is 4.30. The van der Waals surface area contributed by atoms with E-state index in [0.717, 1.165) is 4.90 Å². The summed E-state index contributed by atoms with van der Waals surface area (Å²) in [4.78, 5) is 38.0. The third kappa shape index (κ3) is 4.13. The fourth-order valence-corrected chi connectivity index (χ4v) is 3.78. The number of carbonyl (C=O) groups is 2. The highest BCUT2D eigenvalue weighted by Crippen LogP contribution is 2.42. The molecule has 2 heterocycles. The lowest BCUT2D eigenvalue weighted by molar-refractivity contribution is -0.384. The molecule has 0 radical (unpaired) electrons. The first-order valence-electron chi connectivity index (χ1n) is 10.4. The Morgan fingerprint density at radius 2 is 1.88 bits per heavy atom. The van der Waals surface area contributed by atoms with Gasteiger partial charge in [-0.3, -0.25) is 24.6 Å². The highest BCUT2D eigenvalue weighted by atomic mass is 16.6. The van der Waals surface area contributed by atoms with E-state index in [1.165, 1.54) is 30.3 Å². The largest absolute Gasteiger partial charge is 0.507 e. The van der Waals surface area contributed by atoms with Crippen molar-refractivity contribution in [3.05, 3.63) is 87.2 Å². The summed E-state index contributed by atoms with van der Waals surface area (Å²) < 4.78 is 10.7. The molecule has 0 bridgehead atoms. The van der Waals surface area contributed by atoms with Crippen molar-refractivity contribution in [1.82, 2.24) is 5.16 Å². The molecule has 1 aliphatic rings. The molecule has 174 valence electrons. The second kappa shape index (κ2) is 8.81. The number of aliphatic hydroxyl groups is 1. The SMILES string of the molecule is Cc1cc(N2C(=O)C(=O)/C(=C(/O)c3ccc(OC(C)C)cc3)[C@H]2c2cccc([N+](=O)[O-])c2)no1. The number of rotatable bonds is 6. The fourth-order valence-electron chi connectivity index (χ4n) is 3.78. The summed E-state index contributed by atoms with van der Waals surface area (Å²) in [6.45, 7) is 5.37. The monoisotopic (exact) mass is 463 g/mol. The van der Waals surface area contributed by atoms with E-state index in [4.69, 9.17) is 9.26 Å². The Kier molecular flexibility index (Phi) is 5.89. The third-order valence-corrected chi connectivity index (χ3v) is 5.20. The van der Waals surface area contributed by atoms with Gasteiger partial charge in [-0.25, -0.2) is 0 Å². The van der Waals surface area contributed by atoms with Crippen LogP contribution in [-0.2, 0) is 9.59 Å². The first kappa shape index (κ1) is 22.7. The van der Waals surface area contributed by atoms with Gasteiger partial charge < -0.3 is 14.4 Å². The Hall–Kier alpha value is -4.47. The minimum atomic E-state index is -1.16. The van der Waals surface area contributed by atoms with Crippen LogP contribution in [-0.4, -0.2) is 33.0 Å². The topological polar surface area (TPSA) is 136 Å². The van der Waals surface area contributed by atoms with Crippen LogP contribution in [0.25, 0.3) is 5.76 Å². The van der Waals surface area contributed by atoms with Gasteiger partial charge in [0.1, 0.15) is 17.3 Å². The molecule has 4 rings (SSSR count). The van der Waals surface area contributed by atoms with E-state index in [1.807, 2.05) is 13.8 Å². The van der Waals surface area contributed by atoms with Crippen molar-refractivity contribution in [2.75, 3.05) is 4.90 Å². The Labute approximate surface area is 194 Å². The molecule has 1 aliphatic heterocycles. The van der Waals surface area contributed by atoms with Gasteiger partial charge in [0, 0.05) is 23.8 Å². The number of benzene rings is 2. The van der Waals surface area contributed by atoms with Crippen LogP contribution in [0.1, 0.15) is 36.8 Å². The van der Waals surface area contributed by atoms with Crippen LogP contribution >= 0.6 is 0 Å². The lowest BCUT2D eigenvalue weighted by Gasteiger charge is -2.22. The smallest absolute Gasteiger partial charge is 0.301 e. The molecule has 1 N–H and O–H groups in total. The van der Waals surface area contributed by atoms with Gasteiger partial charge in [-0.1, -0.05) is 17.3 Å². The predicted molar refractivity (Wildman–Crippen MR) is 121 cm³/mol. The molecule has 1 saturated heterocycles. The molecule has 10 heteroatoms. The van der Waals surface area contributed by atoms with E-state index < -0.39 is 28.4 Å². The second-order valence-corrected chi connectivity index (χ2v) is 8.01. The maximum Gasteiger partial charge on any atom is 0.301 e. The van der Waals surface area contributed by atoms with Crippen molar-refractivity contribution >= 4 is 29.0 Å². The van der Waals surface area contributed by atoms with Crippen molar-refractivity contribution in [3.63, 3.8) is 0 Å². The molecule has 0 saturated carbocycles. The molecular weight excluding hydrogens is 442 g/mol. The molecule has 2 aromatic carbocycles. The molecule has 1 atom stereocenters. The summed E-state index contributed by atoms with van der Waals surface area (Å²) in [5.74, 6) is -1.29.